The maximum absolute atomic E-state index is 11.8. The van der Waals surface area contributed by atoms with Gasteiger partial charge in [-0.1, -0.05) is 0 Å². The van der Waals surface area contributed by atoms with Crippen molar-refractivity contribution in [1.29, 1.82) is 0 Å². The van der Waals surface area contributed by atoms with Gasteiger partial charge in [0, 0.05) is 39.1 Å². The molecule has 7 heteroatoms. The summed E-state index contributed by atoms with van der Waals surface area (Å²) >= 11 is 0. The first-order valence-electron chi connectivity index (χ1n) is 6.72. The van der Waals surface area contributed by atoms with Gasteiger partial charge in [-0.15, -0.1) is 0 Å². The molecular formula is C12H22N6O. The van der Waals surface area contributed by atoms with E-state index in [1.54, 1.807) is 11.0 Å². The highest BCUT2D eigenvalue weighted by atomic mass is 16.2. The smallest absolute Gasteiger partial charge is 0.234 e. The molecule has 7 nitrogen and oxygen atoms in total. The van der Waals surface area contributed by atoms with E-state index < -0.39 is 0 Å². The van der Waals surface area contributed by atoms with Crippen LogP contribution in [0.5, 0.6) is 0 Å². The minimum absolute atomic E-state index is 0.0615. The standard InChI is InChI=1S/C12H22N6O/c1-17-9-15-11(16-17)2-5-14-12(19)8-18-6-3-10(13)4-7-18/h9-10H,2-8,13H2,1H3,(H,14,19). The first-order chi connectivity index (χ1) is 9.13. The zero-order valence-corrected chi connectivity index (χ0v) is 11.4. The van der Waals surface area contributed by atoms with Gasteiger partial charge in [-0.05, 0) is 12.8 Å². The molecule has 1 aliphatic rings. The van der Waals surface area contributed by atoms with Crippen LogP contribution in [0.15, 0.2) is 6.33 Å². The van der Waals surface area contributed by atoms with Crippen LogP contribution < -0.4 is 11.1 Å². The van der Waals surface area contributed by atoms with Crippen LogP contribution in [0, 0.1) is 0 Å². The van der Waals surface area contributed by atoms with E-state index in [2.05, 4.69) is 20.3 Å². The second-order valence-corrected chi connectivity index (χ2v) is 5.05. The van der Waals surface area contributed by atoms with Gasteiger partial charge in [0.15, 0.2) is 5.82 Å². The van der Waals surface area contributed by atoms with Crippen LogP contribution in [0.3, 0.4) is 0 Å². The Hall–Kier alpha value is -1.47. The lowest BCUT2D eigenvalue weighted by Crippen LogP contribution is -2.44. The number of hydrogen-bond donors (Lipinski definition) is 2. The number of nitrogens with two attached hydrogens (primary N) is 1. The number of aromatic nitrogens is 3. The van der Waals surface area contributed by atoms with Crippen LogP contribution in [-0.2, 0) is 18.3 Å². The molecule has 1 aromatic heterocycles. The molecule has 0 atom stereocenters. The summed E-state index contributed by atoms with van der Waals surface area (Å²) in [5, 5.41) is 7.06. The van der Waals surface area contributed by atoms with Crippen molar-refractivity contribution in [2.45, 2.75) is 25.3 Å². The van der Waals surface area contributed by atoms with Gasteiger partial charge in [-0.3, -0.25) is 14.4 Å². The van der Waals surface area contributed by atoms with E-state index in [1.807, 2.05) is 7.05 Å². The number of amides is 1. The molecule has 1 saturated heterocycles. The van der Waals surface area contributed by atoms with E-state index in [4.69, 9.17) is 5.73 Å². The van der Waals surface area contributed by atoms with E-state index in [0.717, 1.165) is 31.8 Å². The van der Waals surface area contributed by atoms with Crippen LogP contribution in [0.4, 0.5) is 0 Å². The maximum Gasteiger partial charge on any atom is 0.234 e. The summed E-state index contributed by atoms with van der Waals surface area (Å²) in [7, 11) is 1.83. The normalized spacial score (nSPS) is 17.6. The Kier molecular flexibility index (Phi) is 4.86. The Morgan fingerprint density at radius 2 is 2.26 bits per heavy atom. The molecule has 0 unspecified atom stereocenters. The second-order valence-electron chi connectivity index (χ2n) is 5.05. The van der Waals surface area contributed by atoms with Gasteiger partial charge in [0.2, 0.25) is 5.91 Å². The van der Waals surface area contributed by atoms with E-state index in [0.29, 0.717) is 25.6 Å². The summed E-state index contributed by atoms with van der Waals surface area (Å²) in [6.45, 7) is 2.87. The van der Waals surface area contributed by atoms with Gasteiger partial charge in [0.05, 0.1) is 6.54 Å². The molecule has 1 fully saturated rings. The van der Waals surface area contributed by atoms with Crippen molar-refractivity contribution in [2.75, 3.05) is 26.2 Å². The van der Waals surface area contributed by atoms with Gasteiger partial charge >= 0.3 is 0 Å². The number of nitrogens with one attached hydrogen (secondary N) is 1. The summed E-state index contributed by atoms with van der Waals surface area (Å²) < 4.78 is 1.66. The highest BCUT2D eigenvalue weighted by molar-refractivity contribution is 5.78. The Labute approximate surface area is 113 Å². The third kappa shape index (κ3) is 4.60. The van der Waals surface area contributed by atoms with E-state index in [1.165, 1.54) is 0 Å². The van der Waals surface area contributed by atoms with Gasteiger partial charge in [0.1, 0.15) is 6.33 Å². The quantitative estimate of drug-likeness (QED) is 0.706. The molecule has 1 amide bonds. The van der Waals surface area contributed by atoms with Crippen molar-refractivity contribution in [3.63, 3.8) is 0 Å². The Morgan fingerprint density at radius 3 is 2.89 bits per heavy atom. The average molecular weight is 266 g/mol. The number of nitrogens with zero attached hydrogens (tertiary/aromatic N) is 4. The lowest BCUT2D eigenvalue weighted by atomic mass is 10.1. The molecule has 0 bridgehead atoms. The highest BCUT2D eigenvalue weighted by Gasteiger charge is 2.17. The molecular weight excluding hydrogens is 244 g/mol. The molecule has 1 aromatic rings. The minimum atomic E-state index is 0.0615. The summed E-state index contributed by atoms with van der Waals surface area (Å²) in [4.78, 5) is 18.0. The van der Waals surface area contributed by atoms with Crippen molar-refractivity contribution in [2.24, 2.45) is 12.8 Å². The topological polar surface area (TPSA) is 89.1 Å². The van der Waals surface area contributed by atoms with Crippen LogP contribution in [0.25, 0.3) is 0 Å². The Morgan fingerprint density at radius 1 is 1.53 bits per heavy atom. The van der Waals surface area contributed by atoms with Crippen molar-refractivity contribution >= 4 is 5.91 Å². The van der Waals surface area contributed by atoms with Crippen molar-refractivity contribution < 1.29 is 4.79 Å². The average Bonchev–Trinajstić information content (AvgIpc) is 2.78. The summed E-state index contributed by atoms with van der Waals surface area (Å²) in [6, 6.07) is 0.301. The second kappa shape index (κ2) is 6.63. The lowest BCUT2D eigenvalue weighted by Gasteiger charge is -2.29. The molecule has 0 aromatic carbocycles. The largest absolute Gasteiger partial charge is 0.355 e. The predicted octanol–water partition coefficient (Wildman–Crippen LogP) is -1.10. The molecule has 0 aliphatic carbocycles. The zero-order chi connectivity index (χ0) is 13.7. The molecule has 0 saturated carbocycles. The van der Waals surface area contributed by atoms with Gasteiger partial charge in [0.25, 0.3) is 0 Å². The third-order valence-corrected chi connectivity index (χ3v) is 3.32. The van der Waals surface area contributed by atoms with Crippen molar-refractivity contribution in [1.82, 2.24) is 25.0 Å². The Balaban J connectivity index is 1.62. The molecule has 2 heterocycles. The van der Waals surface area contributed by atoms with Crippen LogP contribution >= 0.6 is 0 Å². The first-order valence-corrected chi connectivity index (χ1v) is 6.72. The number of hydrogen-bond acceptors (Lipinski definition) is 5. The fraction of sp³-hybridized carbons (Fsp3) is 0.750. The van der Waals surface area contributed by atoms with Crippen molar-refractivity contribution in [3.8, 4) is 0 Å². The molecule has 2 rings (SSSR count). The molecule has 106 valence electrons. The van der Waals surface area contributed by atoms with Crippen LogP contribution in [0.1, 0.15) is 18.7 Å². The molecule has 0 spiro atoms. The summed E-state index contributed by atoms with van der Waals surface area (Å²) in [5.74, 6) is 0.818. The number of carbonyl (C=O) groups excluding carboxylic acids is 1. The van der Waals surface area contributed by atoms with Gasteiger partial charge in [-0.2, -0.15) is 5.10 Å². The Bertz CT molecular complexity index is 410. The van der Waals surface area contributed by atoms with Crippen molar-refractivity contribution in [3.05, 3.63) is 12.2 Å². The summed E-state index contributed by atoms with van der Waals surface area (Å²) in [6.07, 6.45) is 4.28. The molecule has 3 N–H and O–H groups in total. The van der Waals surface area contributed by atoms with Crippen LogP contribution in [-0.4, -0.2) is 57.8 Å². The SMILES string of the molecule is Cn1cnc(CCNC(=O)CN2CCC(N)CC2)n1. The first kappa shape index (κ1) is 14.0. The monoisotopic (exact) mass is 266 g/mol. The predicted molar refractivity (Wildman–Crippen MR) is 71.4 cm³/mol. The molecule has 19 heavy (non-hydrogen) atoms. The molecule has 1 aliphatic heterocycles. The third-order valence-electron chi connectivity index (χ3n) is 3.32. The number of likely N-dealkylation sites (tertiary alicyclic amines) is 1. The number of piperidine rings is 1. The van der Waals surface area contributed by atoms with Gasteiger partial charge < -0.3 is 11.1 Å². The van der Waals surface area contributed by atoms with E-state index in [-0.39, 0.29) is 5.91 Å². The lowest BCUT2D eigenvalue weighted by molar-refractivity contribution is -0.122. The maximum atomic E-state index is 11.8. The highest BCUT2D eigenvalue weighted by Crippen LogP contribution is 2.07. The number of rotatable bonds is 5. The fourth-order valence-corrected chi connectivity index (χ4v) is 2.18. The van der Waals surface area contributed by atoms with Gasteiger partial charge in [-0.25, -0.2) is 4.98 Å². The van der Waals surface area contributed by atoms with E-state index >= 15 is 0 Å². The minimum Gasteiger partial charge on any atom is -0.355 e. The van der Waals surface area contributed by atoms with Crippen LogP contribution in [0.2, 0.25) is 0 Å². The summed E-state index contributed by atoms with van der Waals surface area (Å²) in [5.41, 5.74) is 5.83. The fourth-order valence-electron chi connectivity index (χ4n) is 2.18. The zero-order valence-electron chi connectivity index (χ0n) is 11.4. The number of carbonyl (C=O) groups is 1. The number of aryl methyl sites for hydroxylation is 1. The molecule has 0 radical (unpaired) electrons. The van der Waals surface area contributed by atoms with E-state index in [9.17, 15) is 4.79 Å².